The molecule has 5 aromatic rings. The fourth-order valence-corrected chi connectivity index (χ4v) is 4.86. The molecule has 3 heterocycles. The molecule has 3 N–H and O–H groups in total. The van der Waals surface area contributed by atoms with Crippen LogP contribution in [0.25, 0.3) is 22.0 Å². The van der Waals surface area contributed by atoms with Crippen LogP contribution in [0.2, 0.25) is 0 Å². The van der Waals surface area contributed by atoms with Gasteiger partial charge < -0.3 is 24.9 Å². The van der Waals surface area contributed by atoms with Crippen molar-refractivity contribution in [2.75, 3.05) is 18.2 Å². The van der Waals surface area contributed by atoms with Crippen LogP contribution in [0.3, 0.4) is 0 Å². The van der Waals surface area contributed by atoms with E-state index in [-0.39, 0.29) is 12.1 Å². The second-order valence-corrected chi connectivity index (χ2v) is 9.56. The molecule has 1 amide bonds. The summed E-state index contributed by atoms with van der Waals surface area (Å²) in [6.45, 7) is 7.60. The minimum atomic E-state index is -0.519. The third-order valence-electron chi connectivity index (χ3n) is 6.86. The molecule has 0 atom stereocenters. The van der Waals surface area contributed by atoms with Crippen LogP contribution in [-0.4, -0.2) is 27.7 Å². The standard InChI is InChI=1S/C30H29N5O4/c1-16-10-22(11-17(2)28(16)31)33-29(36)24-13-20-12-23(27-18(3)34-39-19(27)4)26(38-5)14-25(20)35(30(24)37)15-21-8-6-7-9-32-21/h6-14H,15,31H2,1-5H3,(H,33,36). The number of fused-ring (bicyclic) bond motifs is 1. The van der Waals surface area contributed by atoms with E-state index in [1.54, 1.807) is 42.1 Å². The second-order valence-electron chi connectivity index (χ2n) is 9.56. The number of amides is 1. The highest BCUT2D eigenvalue weighted by molar-refractivity contribution is 6.06. The van der Waals surface area contributed by atoms with Crippen molar-refractivity contribution in [2.24, 2.45) is 0 Å². The maximum atomic E-state index is 13.8. The highest BCUT2D eigenvalue weighted by atomic mass is 16.5. The topological polar surface area (TPSA) is 125 Å². The van der Waals surface area contributed by atoms with Gasteiger partial charge in [0.25, 0.3) is 11.5 Å². The van der Waals surface area contributed by atoms with E-state index >= 15 is 0 Å². The normalized spacial score (nSPS) is 11.1. The number of pyridine rings is 2. The van der Waals surface area contributed by atoms with E-state index in [0.29, 0.717) is 45.2 Å². The van der Waals surface area contributed by atoms with Crippen LogP contribution in [0.4, 0.5) is 11.4 Å². The molecule has 0 radical (unpaired) electrons. The van der Waals surface area contributed by atoms with Gasteiger partial charge in [0.2, 0.25) is 0 Å². The molecule has 0 spiro atoms. The first kappa shape index (κ1) is 25.7. The van der Waals surface area contributed by atoms with Crippen molar-refractivity contribution in [3.05, 3.63) is 98.9 Å². The molecular formula is C30H29N5O4. The van der Waals surface area contributed by atoms with Crippen LogP contribution < -0.4 is 21.3 Å². The monoisotopic (exact) mass is 523 g/mol. The van der Waals surface area contributed by atoms with E-state index in [9.17, 15) is 9.59 Å². The first-order valence-corrected chi connectivity index (χ1v) is 12.4. The van der Waals surface area contributed by atoms with Gasteiger partial charge in [-0.1, -0.05) is 11.2 Å². The van der Waals surface area contributed by atoms with Crippen LogP contribution in [0, 0.1) is 27.7 Å². The number of carbonyl (C=O) groups is 1. The number of nitrogens with one attached hydrogen (secondary N) is 1. The second kappa shape index (κ2) is 10.1. The van der Waals surface area contributed by atoms with Crippen molar-refractivity contribution in [2.45, 2.75) is 34.2 Å². The van der Waals surface area contributed by atoms with Gasteiger partial charge in [-0.2, -0.15) is 0 Å². The summed E-state index contributed by atoms with van der Waals surface area (Å²) in [7, 11) is 1.57. The molecule has 9 nitrogen and oxygen atoms in total. The zero-order valence-electron chi connectivity index (χ0n) is 22.5. The lowest BCUT2D eigenvalue weighted by Crippen LogP contribution is -2.30. The Morgan fingerprint density at radius 1 is 1.08 bits per heavy atom. The number of hydrogen-bond donors (Lipinski definition) is 2. The van der Waals surface area contributed by atoms with E-state index in [1.807, 2.05) is 52.0 Å². The number of benzene rings is 2. The molecule has 0 saturated heterocycles. The van der Waals surface area contributed by atoms with Gasteiger partial charge in [0, 0.05) is 34.6 Å². The van der Waals surface area contributed by atoms with Crippen molar-refractivity contribution in [1.82, 2.24) is 14.7 Å². The minimum absolute atomic E-state index is 0.000409. The Bertz CT molecular complexity index is 1740. The summed E-state index contributed by atoms with van der Waals surface area (Å²) in [6, 6.07) is 14.4. The summed E-state index contributed by atoms with van der Waals surface area (Å²) in [6.07, 6.45) is 1.67. The van der Waals surface area contributed by atoms with Crippen LogP contribution in [0.15, 0.2) is 64.0 Å². The van der Waals surface area contributed by atoms with E-state index in [0.717, 1.165) is 22.3 Å². The number of nitrogen functional groups attached to an aromatic ring is 1. The fourth-order valence-electron chi connectivity index (χ4n) is 4.86. The summed E-state index contributed by atoms with van der Waals surface area (Å²) in [5.74, 6) is 0.671. The molecule has 0 aliphatic heterocycles. The van der Waals surface area contributed by atoms with Gasteiger partial charge in [0.1, 0.15) is 17.1 Å². The molecule has 198 valence electrons. The Labute approximate surface area is 225 Å². The molecule has 0 saturated carbocycles. The number of nitrogens with zero attached hydrogens (tertiary/aromatic N) is 3. The summed E-state index contributed by atoms with van der Waals surface area (Å²) in [5, 5.41) is 7.63. The Morgan fingerprint density at radius 3 is 2.44 bits per heavy atom. The number of ether oxygens (including phenoxy) is 1. The quantitative estimate of drug-likeness (QED) is 0.294. The highest BCUT2D eigenvalue weighted by Gasteiger charge is 2.22. The van der Waals surface area contributed by atoms with Gasteiger partial charge in [-0.05, 0) is 75.2 Å². The van der Waals surface area contributed by atoms with Crippen LogP contribution in [-0.2, 0) is 6.54 Å². The number of anilines is 2. The first-order chi connectivity index (χ1) is 18.7. The van der Waals surface area contributed by atoms with Crippen LogP contribution in [0.5, 0.6) is 5.75 Å². The van der Waals surface area contributed by atoms with Crippen molar-refractivity contribution in [1.29, 1.82) is 0 Å². The van der Waals surface area contributed by atoms with E-state index < -0.39 is 11.5 Å². The molecule has 5 rings (SSSR count). The van der Waals surface area contributed by atoms with Gasteiger partial charge in [0.05, 0.1) is 36.1 Å². The smallest absolute Gasteiger partial charge is 0.264 e. The Balaban J connectivity index is 1.72. The number of rotatable bonds is 6. The maximum Gasteiger partial charge on any atom is 0.264 e. The van der Waals surface area contributed by atoms with Gasteiger partial charge >= 0.3 is 0 Å². The third kappa shape index (κ3) is 4.74. The Hall–Kier alpha value is -4.92. The molecule has 0 bridgehead atoms. The zero-order valence-corrected chi connectivity index (χ0v) is 22.5. The van der Waals surface area contributed by atoms with Crippen molar-refractivity contribution < 1.29 is 14.1 Å². The van der Waals surface area contributed by atoms with Crippen molar-refractivity contribution in [3.63, 3.8) is 0 Å². The highest BCUT2D eigenvalue weighted by Crippen LogP contribution is 2.37. The number of nitrogens with two attached hydrogens (primary N) is 1. The molecule has 0 fully saturated rings. The summed E-state index contributed by atoms with van der Waals surface area (Å²) in [5.41, 5.74) is 12.1. The molecule has 0 unspecified atom stereocenters. The van der Waals surface area contributed by atoms with Gasteiger partial charge in [-0.3, -0.25) is 14.6 Å². The van der Waals surface area contributed by atoms with Crippen LogP contribution in [0.1, 0.15) is 38.6 Å². The van der Waals surface area contributed by atoms with E-state index in [2.05, 4.69) is 15.5 Å². The number of carbonyl (C=O) groups excluding carboxylic acids is 1. The lowest BCUT2D eigenvalue weighted by atomic mass is 9.99. The number of methoxy groups -OCH3 is 1. The van der Waals surface area contributed by atoms with Crippen molar-refractivity contribution in [3.8, 4) is 16.9 Å². The van der Waals surface area contributed by atoms with Crippen molar-refractivity contribution >= 4 is 28.2 Å². The lowest BCUT2D eigenvalue weighted by Gasteiger charge is -2.17. The zero-order chi connectivity index (χ0) is 27.8. The molecule has 0 aliphatic carbocycles. The summed E-state index contributed by atoms with van der Waals surface area (Å²) in [4.78, 5) is 31.7. The largest absolute Gasteiger partial charge is 0.496 e. The maximum absolute atomic E-state index is 13.8. The molecule has 3 aromatic heterocycles. The third-order valence-corrected chi connectivity index (χ3v) is 6.86. The molecule has 2 aromatic carbocycles. The Kier molecular flexibility index (Phi) is 6.66. The van der Waals surface area contributed by atoms with Gasteiger partial charge in [-0.15, -0.1) is 0 Å². The average molecular weight is 524 g/mol. The van der Waals surface area contributed by atoms with Gasteiger partial charge in [-0.25, -0.2) is 0 Å². The molecule has 9 heteroatoms. The summed E-state index contributed by atoms with van der Waals surface area (Å²) < 4.78 is 12.7. The molecular weight excluding hydrogens is 494 g/mol. The van der Waals surface area contributed by atoms with Crippen LogP contribution >= 0.6 is 0 Å². The predicted molar refractivity (Wildman–Crippen MR) is 151 cm³/mol. The number of hydrogen-bond acceptors (Lipinski definition) is 7. The van der Waals surface area contributed by atoms with E-state index in [4.69, 9.17) is 15.0 Å². The summed E-state index contributed by atoms with van der Waals surface area (Å²) >= 11 is 0. The number of aromatic nitrogens is 3. The fraction of sp³-hybridized carbons (Fsp3) is 0.200. The SMILES string of the molecule is COc1cc2c(cc1-c1c(C)noc1C)cc(C(=O)Nc1cc(C)c(N)c(C)c1)c(=O)n2Cc1ccccn1. The minimum Gasteiger partial charge on any atom is -0.496 e. The molecule has 39 heavy (non-hydrogen) atoms. The first-order valence-electron chi connectivity index (χ1n) is 12.4. The van der Waals surface area contributed by atoms with E-state index in [1.165, 1.54) is 0 Å². The average Bonchev–Trinajstić information content (AvgIpc) is 3.25. The Morgan fingerprint density at radius 2 is 1.82 bits per heavy atom. The number of aryl methyl sites for hydroxylation is 4. The molecule has 0 aliphatic rings. The predicted octanol–water partition coefficient (Wildman–Crippen LogP) is 5.18. The lowest BCUT2D eigenvalue weighted by molar-refractivity contribution is 0.102. The van der Waals surface area contributed by atoms with Gasteiger partial charge in [0.15, 0.2) is 0 Å².